The third-order valence-corrected chi connectivity index (χ3v) is 3.36. The van der Waals surface area contributed by atoms with Gasteiger partial charge in [-0.1, -0.05) is 29.8 Å². The quantitative estimate of drug-likeness (QED) is 0.462. The second kappa shape index (κ2) is 1.22. The monoisotopic (exact) mass is 148 g/mol. The molecule has 0 saturated heterocycles. The van der Waals surface area contributed by atoms with Crippen LogP contribution < -0.4 is 0 Å². The topological polar surface area (TPSA) is 0 Å². The molecule has 3 atom stereocenters. The summed E-state index contributed by atoms with van der Waals surface area (Å²) < 4.78 is 0. The summed E-state index contributed by atoms with van der Waals surface area (Å²) in [7, 11) is 0. The molecule has 0 bridgehead atoms. The van der Waals surface area contributed by atoms with Gasteiger partial charge >= 0.3 is 0 Å². The van der Waals surface area contributed by atoms with Crippen molar-refractivity contribution in [1.82, 2.24) is 0 Å². The Morgan fingerprint density at radius 1 is 1.17 bits per heavy atom. The van der Waals surface area contributed by atoms with E-state index >= 15 is 0 Å². The van der Waals surface area contributed by atoms with Gasteiger partial charge in [0.25, 0.3) is 0 Å². The van der Waals surface area contributed by atoms with E-state index in [2.05, 4.69) is 29.8 Å². The summed E-state index contributed by atoms with van der Waals surface area (Å²) in [6.07, 6.45) is 0. The summed E-state index contributed by atoms with van der Waals surface area (Å²) in [5.74, 6) is 1.87. The van der Waals surface area contributed by atoms with Gasteiger partial charge in [0.1, 0.15) is 0 Å². The van der Waals surface area contributed by atoms with E-state index in [1.165, 1.54) is 0 Å². The van der Waals surface area contributed by atoms with Crippen LogP contribution in [0.15, 0.2) is 0 Å². The molecule has 0 N–H and O–H groups in total. The Bertz CT molecular complexity index is 40.7. The summed E-state index contributed by atoms with van der Waals surface area (Å²) in [5, 5.41) is 0. The van der Waals surface area contributed by atoms with Crippen LogP contribution in [0, 0.1) is 11.8 Å². The highest BCUT2D eigenvalue weighted by molar-refractivity contribution is 9.09. The van der Waals surface area contributed by atoms with Crippen LogP contribution in [-0.2, 0) is 0 Å². The van der Waals surface area contributed by atoms with Gasteiger partial charge in [0, 0.05) is 4.83 Å². The first kappa shape index (κ1) is 4.63. The third kappa shape index (κ3) is 0.494. The first-order valence-corrected chi connectivity index (χ1v) is 3.29. The molecule has 0 radical (unpaired) electrons. The maximum absolute atomic E-state index is 3.51. The van der Waals surface area contributed by atoms with Gasteiger partial charge in [0.15, 0.2) is 0 Å². The zero-order valence-electron chi connectivity index (χ0n) is 4.11. The number of alkyl halides is 1. The van der Waals surface area contributed by atoms with Crippen molar-refractivity contribution < 1.29 is 0 Å². The minimum Gasteiger partial charge on any atom is -0.0885 e. The largest absolute Gasteiger partial charge is 0.0885 e. The Kier molecular flexibility index (Phi) is 0.945. The second-order valence-corrected chi connectivity index (χ2v) is 3.22. The molecular formula is C5H9Br. The number of halogens is 1. The van der Waals surface area contributed by atoms with Gasteiger partial charge in [-0.15, -0.1) is 0 Å². The third-order valence-electron chi connectivity index (χ3n) is 1.69. The molecule has 36 valence electrons. The maximum atomic E-state index is 3.51. The Balaban J connectivity index is 2.31. The number of hydrogen-bond acceptors (Lipinski definition) is 0. The predicted octanol–water partition coefficient (Wildman–Crippen LogP) is 2.04. The summed E-state index contributed by atoms with van der Waals surface area (Å²) in [6.45, 7) is 4.54. The lowest BCUT2D eigenvalue weighted by Crippen LogP contribution is -1.60. The molecule has 0 heterocycles. The average Bonchev–Trinajstić information content (AvgIpc) is 1.94. The van der Waals surface area contributed by atoms with Crippen LogP contribution in [0.4, 0.5) is 0 Å². The molecule has 0 aliphatic heterocycles. The smallest absolute Gasteiger partial charge is 0.0202 e. The van der Waals surface area contributed by atoms with Crippen molar-refractivity contribution in [2.24, 2.45) is 11.8 Å². The highest BCUT2D eigenvalue weighted by atomic mass is 79.9. The van der Waals surface area contributed by atoms with Crippen LogP contribution in [-0.4, -0.2) is 4.83 Å². The maximum Gasteiger partial charge on any atom is 0.0202 e. The van der Waals surface area contributed by atoms with Crippen molar-refractivity contribution in [2.45, 2.75) is 18.7 Å². The highest BCUT2D eigenvalue weighted by Crippen LogP contribution is 2.43. The van der Waals surface area contributed by atoms with Crippen molar-refractivity contribution in [3.8, 4) is 0 Å². The molecule has 0 amide bonds. The van der Waals surface area contributed by atoms with E-state index in [4.69, 9.17) is 0 Å². The molecule has 1 aliphatic carbocycles. The Morgan fingerprint density at radius 2 is 1.33 bits per heavy atom. The minimum absolute atomic E-state index is 0.831. The van der Waals surface area contributed by atoms with Crippen molar-refractivity contribution in [3.05, 3.63) is 0 Å². The molecule has 0 aromatic carbocycles. The zero-order chi connectivity index (χ0) is 4.73. The van der Waals surface area contributed by atoms with E-state index < -0.39 is 0 Å². The van der Waals surface area contributed by atoms with Gasteiger partial charge < -0.3 is 0 Å². The first-order valence-electron chi connectivity index (χ1n) is 2.37. The lowest BCUT2D eigenvalue weighted by atomic mass is 10.4. The van der Waals surface area contributed by atoms with E-state index in [9.17, 15) is 0 Å². The van der Waals surface area contributed by atoms with Crippen molar-refractivity contribution in [3.63, 3.8) is 0 Å². The summed E-state index contributed by atoms with van der Waals surface area (Å²) in [6, 6.07) is 0. The van der Waals surface area contributed by atoms with Crippen molar-refractivity contribution >= 4 is 15.9 Å². The molecule has 6 heavy (non-hydrogen) atoms. The Morgan fingerprint density at radius 3 is 1.33 bits per heavy atom. The van der Waals surface area contributed by atoms with Crippen molar-refractivity contribution in [1.29, 1.82) is 0 Å². The lowest BCUT2D eigenvalue weighted by molar-refractivity contribution is 0.834. The van der Waals surface area contributed by atoms with Gasteiger partial charge in [-0.2, -0.15) is 0 Å². The molecule has 1 aliphatic rings. The van der Waals surface area contributed by atoms with Crippen LogP contribution in [0.2, 0.25) is 0 Å². The fraction of sp³-hybridized carbons (Fsp3) is 1.00. The van der Waals surface area contributed by atoms with Crippen LogP contribution >= 0.6 is 15.9 Å². The molecule has 0 aromatic heterocycles. The highest BCUT2D eigenvalue weighted by Gasteiger charge is 2.40. The molecule has 0 spiro atoms. The normalized spacial score (nSPS) is 55.5. The Hall–Kier alpha value is 0.480. The van der Waals surface area contributed by atoms with E-state index in [0.717, 1.165) is 16.7 Å². The predicted molar refractivity (Wildman–Crippen MR) is 31.0 cm³/mol. The molecular weight excluding hydrogens is 140 g/mol. The van der Waals surface area contributed by atoms with E-state index in [1.807, 2.05) is 0 Å². The Labute approximate surface area is 47.1 Å². The molecule has 1 fully saturated rings. The second-order valence-electron chi connectivity index (χ2n) is 2.16. The summed E-state index contributed by atoms with van der Waals surface area (Å²) in [5.41, 5.74) is 0. The van der Waals surface area contributed by atoms with Crippen LogP contribution in [0.3, 0.4) is 0 Å². The van der Waals surface area contributed by atoms with Gasteiger partial charge in [0.2, 0.25) is 0 Å². The van der Waals surface area contributed by atoms with Gasteiger partial charge in [-0.3, -0.25) is 0 Å². The fourth-order valence-electron chi connectivity index (χ4n) is 0.602. The van der Waals surface area contributed by atoms with Crippen LogP contribution in [0.1, 0.15) is 13.8 Å². The van der Waals surface area contributed by atoms with E-state index in [-0.39, 0.29) is 0 Å². The molecule has 0 aromatic rings. The molecule has 1 saturated carbocycles. The van der Waals surface area contributed by atoms with Gasteiger partial charge in [0.05, 0.1) is 0 Å². The van der Waals surface area contributed by atoms with Gasteiger partial charge in [-0.25, -0.2) is 0 Å². The van der Waals surface area contributed by atoms with E-state index in [0.29, 0.717) is 0 Å². The zero-order valence-corrected chi connectivity index (χ0v) is 5.70. The lowest BCUT2D eigenvalue weighted by Gasteiger charge is -1.65. The SMILES string of the molecule is CC1C(Br)[C@H]1C. The average molecular weight is 149 g/mol. The fourth-order valence-corrected chi connectivity index (χ4v) is 1.39. The first-order chi connectivity index (χ1) is 2.73. The standard InChI is InChI=1S/C5H9Br/c1-3-4(2)5(3)6/h3-5H,1-2H3/t3-,4?,5?/m0/s1. The number of hydrogen-bond donors (Lipinski definition) is 0. The van der Waals surface area contributed by atoms with Gasteiger partial charge in [-0.05, 0) is 11.8 Å². The molecule has 0 nitrogen and oxygen atoms in total. The van der Waals surface area contributed by atoms with Crippen molar-refractivity contribution in [2.75, 3.05) is 0 Å². The van der Waals surface area contributed by atoms with E-state index in [1.54, 1.807) is 0 Å². The molecule has 2 unspecified atom stereocenters. The molecule has 1 heteroatoms. The minimum atomic E-state index is 0.831. The molecule has 1 rings (SSSR count). The van der Waals surface area contributed by atoms with Crippen LogP contribution in [0.5, 0.6) is 0 Å². The summed E-state index contributed by atoms with van der Waals surface area (Å²) in [4.78, 5) is 0.831. The number of rotatable bonds is 0. The van der Waals surface area contributed by atoms with Crippen LogP contribution in [0.25, 0.3) is 0 Å². The summed E-state index contributed by atoms with van der Waals surface area (Å²) >= 11 is 3.51.